The predicted octanol–water partition coefficient (Wildman–Crippen LogP) is 1.38. The van der Waals surface area contributed by atoms with Crippen molar-refractivity contribution in [2.24, 2.45) is 0 Å². The van der Waals surface area contributed by atoms with Gasteiger partial charge >= 0.3 is 0 Å². The van der Waals surface area contributed by atoms with Crippen LogP contribution in [0.15, 0.2) is 18.3 Å². The third-order valence-corrected chi connectivity index (χ3v) is 4.54. The molecule has 2 fully saturated rings. The lowest BCUT2D eigenvalue weighted by molar-refractivity contribution is 0.0159. The Balaban J connectivity index is 0.00000192. The van der Waals surface area contributed by atoms with E-state index >= 15 is 0 Å². The topological polar surface area (TPSA) is 57.7 Å². The molecule has 1 atom stereocenters. The first-order valence-electron chi connectivity index (χ1n) is 8.03. The number of hydrogen-bond acceptors (Lipinski definition) is 5. The van der Waals surface area contributed by atoms with E-state index in [-0.39, 0.29) is 13.3 Å². The van der Waals surface area contributed by atoms with Gasteiger partial charge in [0.1, 0.15) is 5.69 Å². The largest absolute Gasteiger partial charge is 0.380 e. The summed E-state index contributed by atoms with van der Waals surface area (Å²) in [7, 11) is 1.62. The molecule has 0 aromatic carbocycles. The SMILES string of the molecule is C.CNC(=O)c1ccc(N2CCN(C3CCCOC3)CC2)cn1. The average molecular weight is 320 g/mol. The standard InChI is InChI=1S/C16H24N4O2.CH4/c1-17-16(21)15-5-4-13(11-18-15)19-6-8-20(9-7-19)14-3-2-10-22-12-14;/h4-5,11,14H,2-3,6-10,12H2,1H3,(H,17,21);1H4. The molecule has 1 amide bonds. The highest BCUT2D eigenvalue weighted by Crippen LogP contribution is 2.19. The van der Waals surface area contributed by atoms with Crippen molar-refractivity contribution in [3.05, 3.63) is 24.0 Å². The van der Waals surface area contributed by atoms with Crippen molar-refractivity contribution in [1.82, 2.24) is 15.2 Å². The summed E-state index contributed by atoms with van der Waals surface area (Å²) in [6.45, 7) is 5.91. The first kappa shape index (κ1) is 17.7. The molecule has 0 radical (unpaired) electrons. The van der Waals surface area contributed by atoms with Crippen molar-refractivity contribution in [3.8, 4) is 0 Å². The van der Waals surface area contributed by atoms with E-state index in [2.05, 4.69) is 20.1 Å². The van der Waals surface area contributed by atoms with E-state index in [0.717, 1.165) is 45.1 Å². The molecule has 128 valence electrons. The Labute approximate surface area is 138 Å². The fourth-order valence-corrected chi connectivity index (χ4v) is 3.19. The van der Waals surface area contributed by atoms with Crippen molar-refractivity contribution < 1.29 is 9.53 Å². The molecule has 0 aliphatic carbocycles. The van der Waals surface area contributed by atoms with Gasteiger partial charge in [-0.3, -0.25) is 9.69 Å². The van der Waals surface area contributed by atoms with Crippen LogP contribution in [0.3, 0.4) is 0 Å². The Bertz CT molecular complexity index is 492. The second-order valence-electron chi connectivity index (χ2n) is 5.87. The summed E-state index contributed by atoms with van der Waals surface area (Å²) in [4.78, 5) is 20.6. The molecule has 3 heterocycles. The summed E-state index contributed by atoms with van der Waals surface area (Å²) < 4.78 is 5.59. The molecular weight excluding hydrogens is 292 g/mol. The first-order chi connectivity index (χ1) is 10.8. The summed E-state index contributed by atoms with van der Waals surface area (Å²) in [6, 6.07) is 4.36. The maximum absolute atomic E-state index is 11.5. The Morgan fingerprint density at radius 3 is 2.65 bits per heavy atom. The van der Waals surface area contributed by atoms with E-state index in [4.69, 9.17) is 4.74 Å². The van der Waals surface area contributed by atoms with Gasteiger partial charge in [-0.25, -0.2) is 4.98 Å². The fraction of sp³-hybridized carbons (Fsp3) is 0.647. The number of ether oxygens (including phenoxy) is 1. The maximum Gasteiger partial charge on any atom is 0.269 e. The molecule has 6 heteroatoms. The van der Waals surface area contributed by atoms with Gasteiger partial charge in [0.05, 0.1) is 18.5 Å². The highest BCUT2D eigenvalue weighted by atomic mass is 16.5. The average Bonchev–Trinajstić information content (AvgIpc) is 2.62. The van der Waals surface area contributed by atoms with Crippen molar-refractivity contribution in [3.63, 3.8) is 0 Å². The molecular formula is C17H28N4O2. The molecule has 1 unspecified atom stereocenters. The fourth-order valence-electron chi connectivity index (χ4n) is 3.19. The van der Waals surface area contributed by atoms with Crippen LogP contribution in [-0.2, 0) is 4.74 Å². The van der Waals surface area contributed by atoms with Gasteiger partial charge in [-0.05, 0) is 25.0 Å². The molecule has 2 saturated heterocycles. The molecule has 0 bridgehead atoms. The zero-order chi connectivity index (χ0) is 15.4. The number of rotatable bonds is 3. The molecule has 23 heavy (non-hydrogen) atoms. The van der Waals surface area contributed by atoms with Crippen LogP contribution in [0.25, 0.3) is 0 Å². The van der Waals surface area contributed by atoms with Crippen LogP contribution in [0, 0.1) is 0 Å². The number of piperazine rings is 1. The second-order valence-corrected chi connectivity index (χ2v) is 5.87. The lowest BCUT2D eigenvalue weighted by atomic mass is 10.1. The quantitative estimate of drug-likeness (QED) is 0.912. The number of amides is 1. The minimum atomic E-state index is -0.145. The molecule has 0 spiro atoms. The molecule has 0 saturated carbocycles. The molecule has 1 N–H and O–H groups in total. The van der Waals surface area contributed by atoms with Crippen molar-refractivity contribution >= 4 is 11.6 Å². The van der Waals surface area contributed by atoms with Crippen LogP contribution < -0.4 is 10.2 Å². The Hall–Kier alpha value is -1.66. The van der Waals surface area contributed by atoms with Gasteiger partial charge in [0.2, 0.25) is 0 Å². The van der Waals surface area contributed by atoms with Gasteiger partial charge < -0.3 is 15.0 Å². The first-order valence-corrected chi connectivity index (χ1v) is 8.03. The summed E-state index contributed by atoms with van der Waals surface area (Å²) in [5.41, 5.74) is 1.55. The zero-order valence-corrected chi connectivity index (χ0v) is 13.1. The minimum Gasteiger partial charge on any atom is -0.380 e. The Morgan fingerprint density at radius 2 is 2.09 bits per heavy atom. The van der Waals surface area contributed by atoms with Crippen molar-refractivity contribution in [1.29, 1.82) is 0 Å². The Kier molecular flexibility index (Phi) is 6.36. The van der Waals surface area contributed by atoms with Gasteiger partial charge in [-0.2, -0.15) is 0 Å². The number of hydrogen-bond donors (Lipinski definition) is 1. The number of nitrogens with one attached hydrogen (secondary N) is 1. The van der Waals surface area contributed by atoms with E-state index in [1.165, 1.54) is 12.8 Å². The van der Waals surface area contributed by atoms with E-state index in [1.807, 2.05) is 6.07 Å². The third-order valence-electron chi connectivity index (χ3n) is 4.54. The minimum absolute atomic E-state index is 0. The van der Waals surface area contributed by atoms with Gasteiger partial charge in [0, 0.05) is 45.9 Å². The highest BCUT2D eigenvalue weighted by molar-refractivity contribution is 5.92. The van der Waals surface area contributed by atoms with Crippen molar-refractivity contribution in [2.75, 3.05) is 51.3 Å². The van der Waals surface area contributed by atoms with Crippen LogP contribution in [-0.4, -0.2) is 68.3 Å². The number of pyridine rings is 1. The van der Waals surface area contributed by atoms with Crippen LogP contribution in [0.4, 0.5) is 5.69 Å². The Morgan fingerprint density at radius 1 is 1.30 bits per heavy atom. The van der Waals surface area contributed by atoms with Crippen LogP contribution in [0.2, 0.25) is 0 Å². The summed E-state index contributed by atoms with van der Waals surface area (Å²) in [6.07, 6.45) is 4.22. The normalized spacial score (nSPS) is 22.3. The molecule has 1 aromatic heterocycles. The number of nitrogens with zero attached hydrogens (tertiary/aromatic N) is 3. The number of aromatic nitrogens is 1. The highest BCUT2D eigenvalue weighted by Gasteiger charge is 2.25. The molecule has 2 aliphatic heterocycles. The second kappa shape index (κ2) is 8.26. The van der Waals surface area contributed by atoms with Crippen LogP contribution in [0.5, 0.6) is 0 Å². The van der Waals surface area contributed by atoms with Crippen molar-refractivity contribution in [2.45, 2.75) is 26.3 Å². The third kappa shape index (κ3) is 4.20. The maximum atomic E-state index is 11.5. The van der Waals surface area contributed by atoms with E-state index < -0.39 is 0 Å². The lowest BCUT2D eigenvalue weighted by Crippen LogP contribution is -2.52. The number of anilines is 1. The predicted molar refractivity (Wildman–Crippen MR) is 92.0 cm³/mol. The van der Waals surface area contributed by atoms with E-state index in [1.54, 1.807) is 19.3 Å². The summed E-state index contributed by atoms with van der Waals surface area (Å²) >= 11 is 0. The van der Waals surface area contributed by atoms with Crippen LogP contribution in [0.1, 0.15) is 30.8 Å². The number of carbonyl (C=O) groups is 1. The summed E-state index contributed by atoms with van der Waals surface area (Å²) in [5, 5.41) is 2.59. The molecule has 6 nitrogen and oxygen atoms in total. The van der Waals surface area contributed by atoms with Crippen LogP contribution >= 0.6 is 0 Å². The zero-order valence-electron chi connectivity index (χ0n) is 13.1. The lowest BCUT2D eigenvalue weighted by Gasteiger charge is -2.41. The van der Waals surface area contributed by atoms with Gasteiger partial charge in [-0.1, -0.05) is 7.43 Å². The van der Waals surface area contributed by atoms with E-state index in [9.17, 15) is 4.79 Å². The summed E-state index contributed by atoms with van der Waals surface area (Å²) in [5.74, 6) is -0.145. The number of carbonyl (C=O) groups excluding carboxylic acids is 1. The van der Waals surface area contributed by atoms with Gasteiger partial charge in [-0.15, -0.1) is 0 Å². The molecule has 1 aromatic rings. The molecule has 3 rings (SSSR count). The van der Waals surface area contributed by atoms with E-state index in [0.29, 0.717) is 11.7 Å². The molecule has 2 aliphatic rings. The van der Waals surface area contributed by atoms with Gasteiger partial charge in [0.15, 0.2) is 0 Å². The smallest absolute Gasteiger partial charge is 0.269 e. The van der Waals surface area contributed by atoms with Gasteiger partial charge in [0.25, 0.3) is 5.91 Å². The monoisotopic (exact) mass is 320 g/mol.